The molecule has 0 atom stereocenters. The van der Waals surface area contributed by atoms with E-state index in [1.165, 1.54) is 5.56 Å². The Hall–Kier alpha value is -2.21. The number of nitrogens with zero attached hydrogens (tertiary/aromatic N) is 3. The van der Waals surface area contributed by atoms with Crippen molar-refractivity contribution in [2.75, 3.05) is 18.4 Å². The van der Waals surface area contributed by atoms with Crippen molar-refractivity contribution in [3.8, 4) is 0 Å². The largest absolute Gasteiger partial charge is 0.321 e. The van der Waals surface area contributed by atoms with Gasteiger partial charge in [0.25, 0.3) is 5.91 Å². The number of hydrogen-bond donors (Lipinski definition) is 2. The molecule has 1 aromatic carbocycles. The van der Waals surface area contributed by atoms with Gasteiger partial charge in [-0.1, -0.05) is 31.2 Å². The highest BCUT2D eigenvalue weighted by molar-refractivity contribution is 6.02. The minimum absolute atomic E-state index is 0.227. The summed E-state index contributed by atoms with van der Waals surface area (Å²) < 4.78 is 1.75. The fourth-order valence-electron chi connectivity index (χ4n) is 2.19. The van der Waals surface area contributed by atoms with E-state index in [0.29, 0.717) is 17.7 Å². The van der Waals surface area contributed by atoms with Crippen LogP contribution in [0.25, 0.3) is 0 Å². The SMILES string of the molecule is CC(C)c1cccc(NC(=O)c2cn(C3CNC3)nn2)c1. The van der Waals surface area contributed by atoms with Gasteiger partial charge in [0.2, 0.25) is 0 Å². The van der Waals surface area contributed by atoms with E-state index in [4.69, 9.17) is 0 Å². The van der Waals surface area contributed by atoms with E-state index in [-0.39, 0.29) is 5.91 Å². The second kappa shape index (κ2) is 5.65. The summed E-state index contributed by atoms with van der Waals surface area (Å²) in [5, 5.41) is 14.0. The van der Waals surface area contributed by atoms with E-state index in [9.17, 15) is 4.79 Å². The van der Waals surface area contributed by atoms with Gasteiger partial charge in [0, 0.05) is 18.8 Å². The monoisotopic (exact) mass is 285 g/mol. The Kier molecular flexibility index (Phi) is 3.70. The minimum atomic E-state index is -0.227. The molecule has 1 saturated heterocycles. The first-order valence-electron chi connectivity index (χ1n) is 7.17. The van der Waals surface area contributed by atoms with Crippen molar-refractivity contribution in [1.29, 1.82) is 0 Å². The van der Waals surface area contributed by atoms with Gasteiger partial charge >= 0.3 is 0 Å². The molecule has 1 fully saturated rings. The zero-order valence-electron chi connectivity index (χ0n) is 12.2. The Bertz CT molecular complexity index is 645. The quantitative estimate of drug-likeness (QED) is 0.898. The van der Waals surface area contributed by atoms with Gasteiger partial charge in [-0.2, -0.15) is 0 Å². The molecule has 0 radical (unpaired) electrons. The minimum Gasteiger partial charge on any atom is -0.321 e. The first kappa shape index (κ1) is 13.8. The maximum atomic E-state index is 12.2. The number of carbonyl (C=O) groups is 1. The molecule has 0 saturated carbocycles. The maximum absolute atomic E-state index is 12.2. The summed E-state index contributed by atoms with van der Waals surface area (Å²) in [5.74, 6) is 0.197. The molecule has 1 aliphatic heterocycles. The van der Waals surface area contributed by atoms with Gasteiger partial charge in [0.05, 0.1) is 12.2 Å². The number of anilines is 1. The third kappa shape index (κ3) is 2.95. The normalized spacial score (nSPS) is 15.0. The number of carbonyl (C=O) groups excluding carboxylic acids is 1. The molecule has 0 bridgehead atoms. The Morgan fingerprint density at radius 3 is 2.90 bits per heavy atom. The predicted octanol–water partition coefficient (Wildman–Crippen LogP) is 1.80. The molecule has 0 aliphatic carbocycles. The molecule has 1 amide bonds. The van der Waals surface area contributed by atoms with E-state index in [1.807, 2.05) is 18.2 Å². The molecule has 6 nitrogen and oxygen atoms in total. The first-order chi connectivity index (χ1) is 10.1. The number of hydrogen-bond acceptors (Lipinski definition) is 4. The fraction of sp³-hybridized carbons (Fsp3) is 0.400. The predicted molar refractivity (Wildman–Crippen MR) is 80.4 cm³/mol. The second-order valence-electron chi connectivity index (χ2n) is 5.63. The van der Waals surface area contributed by atoms with Crippen LogP contribution in [0.15, 0.2) is 30.5 Å². The average Bonchev–Trinajstić information content (AvgIpc) is 2.86. The van der Waals surface area contributed by atoms with Crippen molar-refractivity contribution in [2.24, 2.45) is 0 Å². The summed E-state index contributed by atoms with van der Waals surface area (Å²) in [5.41, 5.74) is 2.32. The lowest BCUT2D eigenvalue weighted by Crippen LogP contribution is -2.43. The van der Waals surface area contributed by atoms with Crippen molar-refractivity contribution in [3.05, 3.63) is 41.7 Å². The van der Waals surface area contributed by atoms with Crippen LogP contribution in [0.4, 0.5) is 5.69 Å². The number of amides is 1. The standard InChI is InChI=1S/C15H19N5O/c1-10(2)11-4-3-5-12(6-11)17-15(21)14-9-20(19-18-14)13-7-16-8-13/h3-6,9-10,13,16H,7-8H2,1-2H3,(H,17,21). The molecule has 1 aromatic heterocycles. The molecule has 110 valence electrons. The molecule has 21 heavy (non-hydrogen) atoms. The van der Waals surface area contributed by atoms with E-state index in [0.717, 1.165) is 18.8 Å². The van der Waals surface area contributed by atoms with Crippen molar-refractivity contribution < 1.29 is 4.79 Å². The Morgan fingerprint density at radius 2 is 2.24 bits per heavy atom. The van der Waals surface area contributed by atoms with Gasteiger partial charge in [-0.25, -0.2) is 4.68 Å². The molecule has 0 unspecified atom stereocenters. The topological polar surface area (TPSA) is 71.8 Å². The molecular weight excluding hydrogens is 266 g/mol. The van der Waals surface area contributed by atoms with E-state index in [1.54, 1.807) is 10.9 Å². The van der Waals surface area contributed by atoms with Crippen molar-refractivity contribution in [2.45, 2.75) is 25.8 Å². The van der Waals surface area contributed by atoms with Crippen LogP contribution < -0.4 is 10.6 Å². The zero-order valence-corrected chi connectivity index (χ0v) is 12.2. The molecule has 6 heteroatoms. The number of rotatable bonds is 4. The zero-order chi connectivity index (χ0) is 14.8. The summed E-state index contributed by atoms with van der Waals surface area (Å²) in [7, 11) is 0. The van der Waals surface area contributed by atoms with Crippen LogP contribution in [-0.2, 0) is 0 Å². The average molecular weight is 285 g/mol. The molecule has 3 rings (SSSR count). The highest BCUT2D eigenvalue weighted by atomic mass is 16.2. The number of benzene rings is 1. The van der Waals surface area contributed by atoms with Gasteiger partial charge < -0.3 is 10.6 Å². The van der Waals surface area contributed by atoms with Crippen LogP contribution >= 0.6 is 0 Å². The molecular formula is C15H19N5O. The number of nitrogens with one attached hydrogen (secondary N) is 2. The van der Waals surface area contributed by atoms with Crippen LogP contribution in [0, 0.1) is 0 Å². The molecule has 1 aliphatic rings. The van der Waals surface area contributed by atoms with Crippen molar-refractivity contribution in [3.63, 3.8) is 0 Å². The Labute approximate surface area is 123 Å². The Morgan fingerprint density at radius 1 is 1.43 bits per heavy atom. The summed E-state index contributed by atoms with van der Waals surface area (Å²) in [6, 6.07) is 8.18. The van der Waals surface area contributed by atoms with Crippen LogP contribution in [0.3, 0.4) is 0 Å². The molecule has 2 heterocycles. The van der Waals surface area contributed by atoms with Gasteiger partial charge in [0.1, 0.15) is 0 Å². The smallest absolute Gasteiger partial charge is 0.277 e. The van der Waals surface area contributed by atoms with Gasteiger partial charge in [0.15, 0.2) is 5.69 Å². The summed E-state index contributed by atoms with van der Waals surface area (Å²) in [6.07, 6.45) is 1.70. The van der Waals surface area contributed by atoms with Crippen LogP contribution in [0.2, 0.25) is 0 Å². The maximum Gasteiger partial charge on any atom is 0.277 e. The fourth-order valence-corrected chi connectivity index (χ4v) is 2.19. The number of aromatic nitrogens is 3. The summed E-state index contributed by atoms with van der Waals surface area (Å²) in [4.78, 5) is 12.2. The highest BCUT2D eigenvalue weighted by Crippen LogP contribution is 2.19. The lowest BCUT2D eigenvalue weighted by molar-refractivity contribution is 0.102. The Balaban J connectivity index is 1.70. The molecule has 2 N–H and O–H groups in total. The third-order valence-electron chi connectivity index (χ3n) is 3.69. The van der Waals surface area contributed by atoms with E-state index < -0.39 is 0 Å². The van der Waals surface area contributed by atoms with E-state index >= 15 is 0 Å². The van der Waals surface area contributed by atoms with Gasteiger partial charge in [-0.15, -0.1) is 5.10 Å². The second-order valence-corrected chi connectivity index (χ2v) is 5.63. The molecule has 2 aromatic rings. The van der Waals surface area contributed by atoms with Gasteiger partial charge in [-0.3, -0.25) is 4.79 Å². The third-order valence-corrected chi connectivity index (χ3v) is 3.69. The van der Waals surface area contributed by atoms with Crippen molar-refractivity contribution >= 4 is 11.6 Å². The van der Waals surface area contributed by atoms with Crippen LogP contribution in [0.1, 0.15) is 41.9 Å². The first-order valence-corrected chi connectivity index (χ1v) is 7.17. The summed E-state index contributed by atoms with van der Waals surface area (Å²) >= 11 is 0. The highest BCUT2D eigenvalue weighted by Gasteiger charge is 2.21. The van der Waals surface area contributed by atoms with E-state index in [2.05, 4.69) is 40.9 Å². The molecule has 0 spiro atoms. The van der Waals surface area contributed by atoms with Crippen molar-refractivity contribution in [1.82, 2.24) is 20.3 Å². The lowest BCUT2D eigenvalue weighted by Gasteiger charge is -2.26. The summed E-state index contributed by atoms with van der Waals surface area (Å²) in [6.45, 7) is 6.00. The van der Waals surface area contributed by atoms with Crippen LogP contribution in [0.5, 0.6) is 0 Å². The lowest BCUT2D eigenvalue weighted by atomic mass is 10.0. The van der Waals surface area contributed by atoms with Crippen LogP contribution in [-0.4, -0.2) is 34.0 Å². The van der Waals surface area contributed by atoms with Gasteiger partial charge in [-0.05, 0) is 23.6 Å².